The Bertz CT molecular complexity index is 1450. The maximum atomic E-state index is 6.34. The van der Waals surface area contributed by atoms with Gasteiger partial charge in [-0.3, -0.25) is 9.98 Å². The second-order valence-electron chi connectivity index (χ2n) is 7.95. The summed E-state index contributed by atoms with van der Waals surface area (Å²) in [6, 6.07) is 38.4. The van der Waals surface area contributed by atoms with E-state index in [1.807, 2.05) is 85.1 Å². The average molecular weight is 441 g/mol. The van der Waals surface area contributed by atoms with Crippen molar-refractivity contribution < 1.29 is 0 Å². The SMILES string of the molecule is NC(=NC(=NCc1ccccc1)c1ccc(-c2nccc3ccccc23)cc1)c1ccccc1. The zero-order valence-corrected chi connectivity index (χ0v) is 18.7. The summed E-state index contributed by atoms with van der Waals surface area (Å²) in [4.78, 5) is 14.2. The van der Waals surface area contributed by atoms with Crippen molar-refractivity contribution in [1.29, 1.82) is 0 Å². The van der Waals surface area contributed by atoms with Crippen molar-refractivity contribution >= 4 is 22.4 Å². The van der Waals surface area contributed by atoms with Gasteiger partial charge >= 0.3 is 0 Å². The van der Waals surface area contributed by atoms with Crippen molar-refractivity contribution in [3.8, 4) is 11.3 Å². The fourth-order valence-corrected chi connectivity index (χ4v) is 3.86. The molecular weight excluding hydrogens is 416 g/mol. The van der Waals surface area contributed by atoms with E-state index in [-0.39, 0.29) is 0 Å². The molecule has 2 N–H and O–H groups in total. The molecule has 1 heterocycles. The molecule has 0 amide bonds. The van der Waals surface area contributed by atoms with E-state index in [2.05, 4.69) is 41.4 Å². The largest absolute Gasteiger partial charge is 0.383 e. The van der Waals surface area contributed by atoms with Gasteiger partial charge in [0.05, 0.1) is 12.2 Å². The molecule has 34 heavy (non-hydrogen) atoms. The Hall–Kier alpha value is -4.57. The summed E-state index contributed by atoms with van der Waals surface area (Å²) in [7, 11) is 0. The Balaban J connectivity index is 1.52. The van der Waals surface area contributed by atoms with Crippen LogP contribution in [0.15, 0.2) is 131 Å². The molecule has 4 heteroatoms. The lowest BCUT2D eigenvalue weighted by molar-refractivity contribution is 1.06. The molecule has 164 valence electrons. The molecule has 5 rings (SSSR count). The maximum absolute atomic E-state index is 6.34. The molecule has 0 unspecified atom stereocenters. The molecule has 0 fully saturated rings. The first-order valence-corrected chi connectivity index (χ1v) is 11.2. The van der Waals surface area contributed by atoms with Gasteiger partial charge in [0.25, 0.3) is 0 Å². The summed E-state index contributed by atoms with van der Waals surface area (Å²) < 4.78 is 0. The highest BCUT2D eigenvalue weighted by molar-refractivity contribution is 6.11. The summed E-state index contributed by atoms with van der Waals surface area (Å²) in [6.07, 6.45) is 1.85. The van der Waals surface area contributed by atoms with Crippen LogP contribution in [0.5, 0.6) is 0 Å². The molecule has 0 aliphatic rings. The number of benzene rings is 4. The van der Waals surface area contributed by atoms with E-state index in [0.29, 0.717) is 18.2 Å². The van der Waals surface area contributed by atoms with Gasteiger partial charge in [-0.05, 0) is 17.0 Å². The maximum Gasteiger partial charge on any atom is 0.157 e. The van der Waals surface area contributed by atoms with E-state index in [4.69, 9.17) is 15.7 Å². The van der Waals surface area contributed by atoms with Crippen LogP contribution in [-0.4, -0.2) is 16.7 Å². The molecule has 0 bridgehead atoms. The summed E-state index contributed by atoms with van der Waals surface area (Å²) in [5, 5.41) is 2.30. The number of aliphatic imine (C=N–C) groups is 2. The van der Waals surface area contributed by atoms with E-state index >= 15 is 0 Å². The van der Waals surface area contributed by atoms with Crippen LogP contribution >= 0.6 is 0 Å². The molecule has 4 aromatic carbocycles. The van der Waals surface area contributed by atoms with Gasteiger partial charge in [-0.2, -0.15) is 0 Å². The van der Waals surface area contributed by atoms with Crippen LogP contribution in [0.3, 0.4) is 0 Å². The number of rotatable bonds is 5. The third-order valence-electron chi connectivity index (χ3n) is 5.64. The van der Waals surface area contributed by atoms with Gasteiger partial charge in [0.15, 0.2) is 5.84 Å². The molecule has 0 aliphatic carbocycles. The van der Waals surface area contributed by atoms with Crippen molar-refractivity contribution in [3.63, 3.8) is 0 Å². The summed E-state index contributed by atoms with van der Waals surface area (Å²) >= 11 is 0. The Labute approximate surface area is 199 Å². The summed E-state index contributed by atoms with van der Waals surface area (Å²) in [5.74, 6) is 1.04. The number of aromatic nitrogens is 1. The topological polar surface area (TPSA) is 63.6 Å². The molecule has 0 aliphatic heterocycles. The van der Waals surface area contributed by atoms with Crippen molar-refractivity contribution in [2.75, 3.05) is 0 Å². The predicted molar refractivity (Wildman–Crippen MR) is 141 cm³/mol. The first kappa shape index (κ1) is 21.3. The smallest absolute Gasteiger partial charge is 0.157 e. The lowest BCUT2D eigenvalue weighted by Crippen LogP contribution is -2.16. The number of hydrogen-bond donors (Lipinski definition) is 1. The van der Waals surface area contributed by atoms with E-state index in [1.54, 1.807) is 0 Å². The molecule has 5 aromatic rings. The van der Waals surface area contributed by atoms with Gasteiger partial charge in [-0.25, -0.2) is 4.99 Å². The van der Waals surface area contributed by atoms with Gasteiger partial charge in [0, 0.05) is 28.3 Å². The van der Waals surface area contributed by atoms with Crippen molar-refractivity contribution in [1.82, 2.24) is 4.98 Å². The first-order valence-electron chi connectivity index (χ1n) is 11.2. The third kappa shape index (κ3) is 4.76. The number of nitrogens with two attached hydrogens (primary N) is 1. The normalized spacial score (nSPS) is 12.1. The lowest BCUT2D eigenvalue weighted by atomic mass is 10.0. The highest BCUT2D eigenvalue weighted by Crippen LogP contribution is 2.26. The van der Waals surface area contributed by atoms with Gasteiger partial charge in [-0.1, -0.05) is 109 Å². The van der Waals surface area contributed by atoms with Crippen LogP contribution in [0, 0.1) is 0 Å². The zero-order valence-electron chi connectivity index (χ0n) is 18.7. The lowest BCUT2D eigenvalue weighted by Gasteiger charge is -2.08. The van der Waals surface area contributed by atoms with Crippen LogP contribution in [0.25, 0.3) is 22.0 Å². The Morgan fingerprint density at radius 2 is 1.35 bits per heavy atom. The number of amidine groups is 2. The number of fused-ring (bicyclic) bond motifs is 1. The molecule has 0 atom stereocenters. The van der Waals surface area contributed by atoms with Gasteiger partial charge in [-0.15, -0.1) is 0 Å². The highest BCUT2D eigenvalue weighted by atomic mass is 15.0. The van der Waals surface area contributed by atoms with Crippen LogP contribution in [0.2, 0.25) is 0 Å². The van der Waals surface area contributed by atoms with Crippen molar-refractivity contribution in [2.45, 2.75) is 6.54 Å². The quantitative estimate of drug-likeness (QED) is 0.259. The monoisotopic (exact) mass is 440 g/mol. The van der Waals surface area contributed by atoms with Crippen LogP contribution < -0.4 is 5.73 Å². The summed E-state index contributed by atoms with van der Waals surface area (Å²) in [5.41, 5.74) is 11.2. The second kappa shape index (κ2) is 9.92. The Kier molecular flexibility index (Phi) is 6.21. The Morgan fingerprint density at radius 3 is 2.12 bits per heavy atom. The number of pyridine rings is 1. The minimum atomic E-state index is 0.437. The molecule has 0 spiro atoms. The van der Waals surface area contributed by atoms with Gasteiger partial charge in [0.1, 0.15) is 5.84 Å². The predicted octanol–water partition coefficient (Wildman–Crippen LogP) is 6.25. The second-order valence-corrected chi connectivity index (χ2v) is 7.95. The molecule has 1 aromatic heterocycles. The first-order chi connectivity index (χ1) is 16.8. The standard InChI is InChI=1S/C30H24N4/c31-29(25-12-5-2-6-13-25)34-30(33-21-22-9-3-1-4-10-22)26-17-15-24(16-18-26)28-27-14-8-7-11-23(27)19-20-32-28/h1-20H,21H2,(H2,31,33,34). The van der Waals surface area contributed by atoms with Crippen molar-refractivity contribution in [2.24, 2.45) is 15.7 Å². The van der Waals surface area contributed by atoms with E-state index in [9.17, 15) is 0 Å². The van der Waals surface area contributed by atoms with Gasteiger partial charge < -0.3 is 5.73 Å². The minimum absolute atomic E-state index is 0.437. The number of hydrogen-bond acceptors (Lipinski definition) is 2. The van der Waals surface area contributed by atoms with E-state index in [0.717, 1.165) is 33.3 Å². The average Bonchev–Trinajstić information content (AvgIpc) is 2.92. The zero-order chi connectivity index (χ0) is 23.2. The molecule has 0 saturated carbocycles. The fourth-order valence-electron chi connectivity index (χ4n) is 3.86. The van der Waals surface area contributed by atoms with Crippen LogP contribution in [-0.2, 0) is 6.54 Å². The molecular formula is C30H24N4. The van der Waals surface area contributed by atoms with E-state index in [1.165, 1.54) is 5.39 Å². The van der Waals surface area contributed by atoms with E-state index < -0.39 is 0 Å². The minimum Gasteiger partial charge on any atom is -0.383 e. The Morgan fingerprint density at radius 1 is 0.676 bits per heavy atom. The van der Waals surface area contributed by atoms with Gasteiger partial charge in [0.2, 0.25) is 0 Å². The fraction of sp³-hybridized carbons (Fsp3) is 0.0333. The molecule has 0 saturated heterocycles. The summed E-state index contributed by atoms with van der Waals surface area (Å²) in [6.45, 7) is 0.522. The van der Waals surface area contributed by atoms with Crippen LogP contribution in [0.4, 0.5) is 0 Å². The van der Waals surface area contributed by atoms with Crippen molar-refractivity contribution in [3.05, 3.63) is 138 Å². The highest BCUT2D eigenvalue weighted by Gasteiger charge is 2.09. The van der Waals surface area contributed by atoms with Crippen LogP contribution in [0.1, 0.15) is 16.7 Å². The molecule has 0 radical (unpaired) electrons. The number of nitrogens with zero attached hydrogens (tertiary/aromatic N) is 3. The molecule has 4 nitrogen and oxygen atoms in total. The third-order valence-corrected chi connectivity index (χ3v) is 5.64.